The number of nitrogens with zero attached hydrogens (tertiary/aromatic N) is 1. The fraction of sp³-hybridized carbons (Fsp3) is 0.333. The molecule has 0 aromatic carbocycles. The van der Waals surface area contributed by atoms with E-state index >= 15 is 0 Å². The first-order valence-electron chi connectivity index (χ1n) is 5.40. The van der Waals surface area contributed by atoms with Crippen LogP contribution >= 0.6 is 0 Å². The van der Waals surface area contributed by atoms with Crippen LogP contribution in [0.5, 0.6) is 0 Å². The zero-order valence-corrected chi connectivity index (χ0v) is 10.5. The Bertz CT molecular complexity index is 222. The van der Waals surface area contributed by atoms with Crippen LogP contribution in [0, 0.1) is 0 Å². The van der Waals surface area contributed by atoms with Crippen molar-refractivity contribution in [3.8, 4) is 0 Å². The third kappa shape index (κ3) is 12.8. The van der Waals surface area contributed by atoms with Crippen molar-refractivity contribution in [3.05, 3.63) is 50.6 Å². The van der Waals surface area contributed by atoms with Crippen LogP contribution in [0.3, 0.4) is 0 Å². The summed E-state index contributed by atoms with van der Waals surface area (Å²) >= 11 is 0. The highest BCUT2D eigenvalue weighted by molar-refractivity contribution is 6.50. The summed E-state index contributed by atoms with van der Waals surface area (Å²) in [4.78, 5) is 0. The van der Waals surface area contributed by atoms with Crippen LogP contribution in [0.15, 0.2) is 50.6 Å². The number of quaternary nitrogens is 1. The molecular weight excluding hydrogens is 245 g/mol. The quantitative estimate of drug-likeness (QED) is 0.270. The molecule has 0 spiro atoms. The third-order valence-electron chi connectivity index (χ3n) is 2.07. The Balaban J connectivity index is 0. The maximum atomic E-state index is 9.75. The lowest BCUT2D eigenvalue weighted by Gasteiger charge is -2.35. The normalized spacial score (nSPS) is 10.9. The summed E-state index contributed by atoms with van der Waals surface area (Å²) in [6.45, 7) is 18.8. The smallest absolute Gasteiger partial charge is 0.418 e. The Hall–Kier alpha value is -1.30. The molecule has 1 nitrogen and oxygen atoms in total. The Morgan fingerprint density at radius 2 is 0.833 bits per heavy atom. The topological polar surface area (TPSA) is 0 Å². The lowest BCUT2D eigenvalue weighted by molar-refractivity contribution is -0.906. The maximum absolute atomic E-state index is 9.75. The molecule has 0 aromatic heterocycles. The van der Waals surface area contributed by atoms with Gasteiger partial charge in [0.05, 0.1) is 26.2 Å². The summed E-state index contributed by atoms with van der Waals surface area (Å²) in [5.74, 6) is 0. The Morgan fingerprint density at radius 3 is 0.944 bits per heavy atom. The van der Waals surface area contributed by atoms with Crippen LogP contribution < -0.4 is 0 Å². The van der Waals surface area contributed by atoms with Gasteiger partial charge >= 0.3 is 7.25 Å². The molecule has 0 saturated heterocycles. The van der Waals surface area contributed by atoms with Crippen LogP contribution in [0.4, 0.5) is 17.3 Å². The predicted molar refractivity (Wildman–Crippen MR) is 70.7 cm³/mol. The van der Waals surface area contributed by atoms with Gasteiger partial charge in [0.2, 0.25) is 0 Å². The van der Waals surface area contributed by atoms with Gasteiger partial charge in [0.1, 0.15) is 0 Å². The minimum atomic E-state index is -6.00. The molecule has 0 bridgehead atoms. The number of hydrogen-bond acceptors (Lipinski definition) is 0. The third-order valence-corrected chi connectivity index (χ3v) is 2.07. The van der Waals surface area contributed by atoms with Crippen molar-refractivity contribution in [2.45, 2.75) is 0 Å². The molecule has 0 amide bonds. The standard InChI is InChI=1S/C12H20N.BF4/c1-5-9-13(10-6-2,11-7-3)12-8-4;2-1(3,4)5/h5-8H,1-4,9-12H2;/q+1;-1. The lowest BCUT2D eigenvalue weighted by Crippen LogP contribution is -2.48. The first-order valence-corrected chi connectivity index (χ1v) is 5.40. The average Bonchev–Trinajstić information content (AvgIpc) is 2.16. The van der Waals surface area contributed by atoms with Crippen LogP contribution in [0.25, 0.3) is 0 Å². The zero-order chi connectivity index (χ0) is 14.7. The summed E-state index contributed by atoms with van der Waals surface area (Å²) in [5, 5.41) is 0. The molecule has 0 aliphatic heterocycles. The van der Waals surface area contributed by atoms with Gasteiger partial charge in [-0.1, -0.05) is 26.3 Å². The van der Waals surface area contributed by atoms with E-state index in [0.717, 1.165) is 30.7 Å². The largest absolute Gasteiger partial charge is 0.673 e. The Labute approximate surface area is 106 Å². The average molecular weight is 265 g/mol. The highest BCUT2D eigenvalue weighted by Crippen LogP contribution is 2.08. The molecule has 6 heteroatoms. The van der Waals surface area contributed by atoms with Gasteiger partial charge in [-0.15, -0.1) is 0 Å². The van der Waals surface area contributed by atoms with Gasteiger partial charge in [0.25, 0.3) is 0 Å². The highest BCUT2D eigenvalue weighted by Gasteiger charge is 2.21. The monoisotopic (exact) mass is 265 g/mol. The fourth-order valence-corrected chi connectivity index (χ4v) is 1.54. The van der Waals surface area contributed by atoms with Crippen molar-refractivity contribution >= 4 is 7.25 Å². The summed E-state index contributed by atoms with van der Waals surface area (Å²) in [7, 11) is -6.00. The molecule has 18 heavy (non-hydrogen) atoms. The van der Waals surface area contributed by atoms with Gasteiger partial charge in [-0.05, 0) is 24.3 Å². The molecule has 0 radical (unpaired) electrons. The van der Waals surface area contributed by atoms with Gasteiger partial charge in [-0.25, -0.2) is 0 Å². The van der Waals surface area contributed by atoms with Crippen LogP contribution in [-0.2, 0) is 0 Å². The van der Waals surface area contributed by atoms with Gasteiger partial charge in [-0.3, -0.25) is 0 Å². The molecule has 104 valence electrons. The molecule has 0 fully saturated rings. The van der Waals surface area contributed by atoms with E-state index in [9.17, 15) is 17.3 Å². The van der Waals surface area contributed by atoms with Crippen LogP contribution in [-0.4, -0.2) is 37.9 Å². The minimum absolute atomic E-state index is 0.903. The molecule has 0 atom stereocenters. The van der Waals surface area contributed by atoms with E-state index in [-0.39, 0.29) is 0 Å². The molecule has 0 heterocycles. The van der Waals surface area contributed by atoms with E-state index in [1.807, 2.05) is 24.3 Å². The van der Waals surface area contributed by atoms with Crippen LogP contribution in [0.1, 0.15) is 0 Å². The number of rotatable bonds is 8. The fourth-order valence-electron chi connectivity index (χ4n) is 1.54. The summed E-state index contributed by atoms with van der Waals surface area (Å²) in [6.07, 6.45) is 7.76. The predicted octanol–water partition coefficient (Wildman–Crippen LogP) is 3.85. The summed E-state index contributed by atoms with van der Waals surface area (Å²) in [5.41, 5.74) is 0. The van der Waals surface area contributed by atoms with E-state index in [0.29, 0.717) is 0 Å². The van der Waals surface area contributed by atoms with E-state index < -0.39 is 7.25 Å². The molecule has 0 unspecified atom stereocenters. The molecule has 0 aromatic rings. The minimum Gasteiger partial charge on any atom is -0.418 e. The van der Waals surface area contributed by atoms with E-state index in [1.165, 1.54) is 0 Å². The van der Waals surface area contributed by atoms with E-state index in [2.05, 4.69) is 26.3 Å². The molecule has 0 N–H and O–H groups in total. The van der Waals surface area contributed by atoms with Crippen molar-refractivity contribution in [2.75, 3.05) is 26.2 Å². The number of hydrogen-bond donors (Lipinski definition) is 0. The molecule has 0 aliphatic rings. The number of halogens is 4. The first kappa shape index (κ1) is 19.1. The van der Waals surface area contributed by atoms with Crippen LogP contribution in [0.2, 0.25) is 0 Å². The second-order valence-electron chi connectivity index (χ2n) is 3.72. The van der Waals surface area contributed by atoms with E-state index in [1.54, 1.807) is 0 Å². The highest BCUT2D eigenvalue weighted by atomic mass is 19.5. The molecule has 0 saturated carbocycles. The zero-order valence-electron chi connectivity index (χ0n) is 10.5. The SMILES string of the molecule is C=CC[N+](CC=C)(CC=C)CC=C.F[B-](F)(F)F. The van der Waals surface area contributed by atoms with Crippen molar-refractivity contribution in [2.24, 2.45) is 0 Å². The van der Waals surface area contributed by atoms with Crippen molar-refractivity contribution < 1.29 is 21.7 Å². The second kappa shape index (κ2) is 9.71. The molecule has 0 rings (SSSR count). The van der Waals surface area contributed by atoms with Crippen molar-refractivity contribution in [1.82, 2.24) is 0 Å². The molecule has 0 aliphatic carbocycles. The Morgan fingerprint density at radius 1 is 0.667 bits per heavy atom. The molecular formula is C12H20BF4N. The van der Waals surface area contributed by atoms with Gasteiger partial charge in [-0.2, -0.15) is 0 Å². The lowest BCUT2D eigenvalue weighted by atomic mass is 10.3. The van der Waals surface area contributed by atoms with Crippen molar-refractivity contribution in [1.29, 1.82) is 0 Å². The summed E-state index contributed by atoms with van der Waals surface area (Å²) < 4.78 is 39.9. The van der Waals surface area contributed by atoms with Crippen molar-refractivity contribution in [3.63, 3.8) is 0 Å². The summed E-state index contributed by atoms with van der Waals surface area (Å²) in [6, 6.07) is 0. The van der Waals surface area contributed by atoms with Gasteiger partial charge < -0.3 is 21.7 Å². The van der Waals surface area contributed by atoms with Gasteiger partial charge in [0.15, 0.2) is 0 Å². The van der Waals surface area contributed by atoms with E-state index in [4.69, 9.17) is 0 Å². The van der Waals surface area contributed by atoms with Gasteiger partial charge in [0, 0.05) is 0 Å². The first-order chi connectivity index (χ1) is 8.24. The second-order valence-corrected chi connectivity index (χ2v) is 3.72. The maximum Gasteiger partial charge on any atom is 0.673 e. The Kier molecular flexibility index (Phi) is 10.3.